The van der Waals surface area contributed by atoms with E-state index < -0.39 is 11.9 Å². The van der Waals surface area contributed by atoms with Crippen LogP contribution in [0.3, 0.4) is 0 Å². The maximum absolute atomic E-state index is 11.1. The van der Waals surface area contributed by atoms with Crippen LogP contribution in [0.2, 0.25) is 0 Å². The van der Waals surface area contributed by atoms with Crippen LogP contribution in [0.5, 0.6) is 0 Å². The third-order valence-corrected chi connectivity index (χ3v) is 1.57. The van der Waals surface area contributed by atoms with Gasteiger partial charge in [-0.15, -0.1) is 0 Å². The minimum atomic E-state index is -0.647. The Morgan fingerprint density at radius 1 is 1.20 bits per heavy atom. The lowest BCUT2D eigenvalue weighted by Gasteiger charge is -2.08. The molecule has 5 N–H and O–H groups in total. The predicted octanol–water partition coefficient (Wildman–Crippen LogP) is -1.50. The van der Waals surface area contributed by atoms with E-state index in [9.17, 15) is 14.4 Å². The first kappa shape index (κ1) is 13.4. The average molecular weight is 216 g/mol. The van der Waals surface area contributed by atoms with E-state index in [2.05, 4.69) is 5.32 Å². The van der Waals surface area contributed by atoms with Crippen molar-refractivity contribution < 1.29 is 14.4 Å². The van der Waals surface area contributed by atoms with Crippen molar-refractivity contribution in [2.45, 2.75) is 13.8 Å². The lowest BCUT2D eigenvalue weighted by Crippen LogP contribution is -2.49. The normalized spacial score (nSPS) is 9.60. The van der Waals surface area contributed by atoms with Gasteiger partial charge in [0, 0.05) is 5.92 Å². The highest BCUT2D eigenvalue weighted by atomic mass is 16.2. The number of hydrazine groups is 1. The maximum Gasteiger partial charge on any atom is 0.333 e. The molecule has 0 bridgehead atoms. The van der Waals surface area contributed by atoms with E-state index in [1.165, 1.54) is 0 Å². The summed E-state index contributed by atoms with van der Waals surface area (Å²) >= 11 is 0. The number of ketones is 1. The molecule has 0 unspecified atom stereocenters. The quantitative estimate of drug-likeness (QED) is 0.428. The minimum absolute atomic E-state index is 0.0675. The van der Waals surface area contributed by atoms with Crippen molar-refractivity contribution >= 4 is 17.7 Å². The largest absolute Gasteiger partial charge is 0.333 e. The Balaban J connectivity index is 3.67. The summed E-state index contributed by atoms with van der Waals surface area (Å²) in [7, 11) is 0. The lowest BCUT2D eigenvalue weighted by atomic mass is 10.1. The molecular formula is C8H16N4O3. The monoisotopic (exact) mass is 216 g/mol. The van der Waals surface area contributed by atoms with E-state index in [4.69, 9.17) is 5.73 Å². The molecule has 0 rings (SSSR count). The zero-order chi connectivity index (χ0) is 11.8. The molecule has 7 heteroatoms. The average Bonchev–Trinajstić information content (AvgIpc) is 2.21. The van der Waals surface area contributed by atoms with E-state index in [0.717, 1.165) is 0 Å². The molecule has 0 aliphatic rings. The summed E-state index contributed by atoms with van der Waals surface area (Å²) in [6, 6.07) is -0.647. The molecular weight excluding hydrogens is 200 g/mol. The molecule has 0 aromatic heterocycles. The molecule has 7 nitrogen and oxygen atoms in total. The Hall–Kier alpha value is -1.63. The first-order valence-electron chi connectivity index (χ1n) is 4.52. The number of rotatable bonds is 4. The summed E-state index contributed by atoms with van der Waals surface area (Å²) in [4.78, 5) is 32.7. The van der Waals surface area contributed by atoms with Crippen LogP contribution >= 0.6 is 0 Å². The van der Waals surface area contributed by atoms with Gasteiger partial charge in [-0.1, -0.05) is 13.8 Å². The van der Waals surface area contributed by atoms with Gasteiger partial charge in [-0.2, -0.15) is 0 Å². The van der Waals surface area contributed by atoms with Crippen LogP contribution in [0.25, 0.3) is 0 Å². The summed E-state index contributed by atoms with van der Waals surface area (Å²) < 4.78 is 0. The molecule has 0 fully saturated rings. The van der Waals surface area contributed by atoms with Gasteiger partial charge in [-0.3, -0.25) is 15.0 Å². The smallest absolute Gasteiger partial charge is 0.330 e. The fraction of sp³-hybridized carbons (Fsp3) is 0.625. The molecule has 0 aromatic carbocycles. The number of hydrogen-bond donors (Lipinski definition) is 4. The lowest BCUT2D eigenvalue weighted by molar-refractivity contribution is -0.121. The number of carbonyl (C=O) groups excluding carboxylic acids is 3. The Morgan fingerprint density at radius 2 is 1.80 bits per heavy atom. The van der Waals surface area contributed by atoms with E-state index in [1.54, 1.807) is 13.8 Å². The Kier molecular flexibility index (Phi) is 6.03. The Morgan fingerprint density at radius 3 is 2.27 bits per heavy atom. The van der Waals surface area contributed by atoms with Crippen LogP contribution in [0, 0.1) is 5.92 Å². The summed E-state index contributed by atoms with van der Waals surface area (Å²) in [5, 5.41) is 2.29. The number of carbonyl (C=O) groups is 3. The van der Waals surface area contributed by atoms with Gasteiger partial charge in [-0.25, -0.2) is 10.2 Å². The number of Topliss-reactive ketones (excluding diaryl/α,β-unsaturated/α-hetero) is 1. The standard InChI is InChI=1S/C8H16N4O3/c1-5(2)6(13)4-10-8(15)12-11-7(14)3-9/h5H,3-4,9H2,1-2H3,(H,11,14)(H2,10,12,15). The second-order valence-corrected chi connectivity index (χ2v) is 3.18. The van der Waals surface area contributed by atoms with Gasteiger partial charge in [0.2, 0.25) is 0 Å². The highest BCUT2D eigenvalue weighted by molar-refractivity contribution is 5.87. The van der Waals surface area contributed by atoms with Crippen molar-refractivity contribution in [3.63, 3.8) is 0 Å². The molecule has 0 spiro atoms. The zero-order valence-electron chi connectivity index (χ0n) is 8.79. The van der Waals surface area contributed by atoms with Crippen LogP contribution in [0.4, 0.5) is 4.79 Å². The van der Waals surface area contributed by atoms with Gasteiger partial charge in [0.25, 0.3) is 5.91 Å². The Bertz CT molecular complexity index is 252. The molecule has 0 aliphatic carbocycles. The highest BCUT2D eigenvalue weighted by Gasteiger charge is 2.08. The fourth-order valence-corrected chi connectivity index (χ4v) is 0.593. The van der Waals surface area contributed by atoms with Crippen LogP contribution in [0.1, 0.15) is 13.8 Å². The van der Waals surface area contributed by atoms with Gasteiger partial charge in [0.05, 0.1) is 13.1 Å². The van der Waals surface area contributed by atoms with Crippen molar-refractivity contribution in [3.05, 3.63) is 0 Å². The van der Waals surface area contributed by atoms with Crippen molar-refractivity contribution in [2.75, 3.05) is 13.1 Å². The van der Waals surface area contributed by atoms with Gasteiger partial charge >= 0.3 is 6.03 Å². The van der Waals surface area contributed by atoms with Gasteiger partial charge in [-0.05, 0) is 0 Å². The van der Waals surface area contributed by atoms with E-state index >= 15 is 0 Å². The van der Waals surface area contributed by atoms with Crippen LogP contribution in [0.15, 0.2) is 0 Å². The van der Waals surface area contributed by atoms with E-state index in [-0.39, 0.29) is 24.8 Å². The molecule has 15 heavy (non-hydrogen) atoms. The first-order valence-corrected chi connectivity index (χ1v) is 4.52. The number of nitrogens with one attached hydrogen (secondary N) is 3. The number of amides is 3. The third kappa shape index (κ3) is 6.44. The summed E-state index contributed by atoms with van der Waals surface area (Å²) in [6.07, 6.45) is 0. The highest BCUT2D eigenvalue weighted by Crippen LogP contribution is 1.91. The molecule has 0 saturated carbocycles. The summed E-state index contributed by atoms with van der Waals surface area (Å²) in [5.74, 6) is -0.737. The molecule has 0 aliphatic heterocycles. The molecule has 86 valence electrons. The number of urea groups is 1. The topological polar surface area (TPSA) is 113 Å². The third-order valence-electron chi connectivity index (χ3n) is 1.57. The zero-order valence-corrected chi connectivity index (χ0v) is 8.79. The van der Waals surface area contributed by atoms with E-state index in [1.807, 2.05) is 10.9 Å². The van der Waals surface area contributed by atoms with Crippen molar-refractivity contribution in [3.8, 4) is 0 Å². The van der Waals surface area contributed by atoms with E-state index in [0.29, 0.717) is 0 Å². The molecule has 0 radical (unpaired) electrons. The second kappa shape index (κ2) is 6.77. The molecule has 0 aromatic rings. The number of hydrogen-bond acceptors (Lipinski definition) is 4. The van der Waals surface area contributed by atoms with Gasteiger partial charge in [0.1, 0.15) is 0 Å². The predicted molar refractivity (Wildman–Crippen MR) is 53.6 cm³/mol. The fourth-order valence-electron chi connectivity index (χ4n) is 0.593. The first-order chi connectivity index (χ1) is 6.97. The van der Waals surface area contributed by atoms with Crippen molar-refractivity contribution in [2.24, 2.45) is 11.7 Å². The molecule has 3 amide bonds. The van der Waals surface area contributed by atoms with Gasteiger partial charge < -0.3 is 11.1 Å². The van der Waals surface area contributed by atoms with Crippen LogP contribution < -0.4 is 21.9 Å². The SMILES string of the molecule is CC(C)C(=O)CNC(=O)NNC(=O)CN. The van der Waals surface area contributed by atoms with Crippen LogP contribution in [-0.4, -0.2) is 30.8 Å². The summed E-state index contributed by atoms with van der Waals surface area (Å²) in [5.41, 5.74) is 9.08. The van der Waals surface area contributed by atoms with Gasteiger partial charge in [0.15, 0.2) is 5.78 Å². The van der Waals surface area contributed by atoms with Crippen LogP contribution in [-0.2, 0) is 9.59 Å². The Labute approximate surface area is 87.7 Å². The maximum atomic E-state index is 11.1. The number of nitrogens with two attached hydrogens (primary N) is 1. The minimum Gasteiger partial charge on any atom is -0.330 e. The van der Waals surface area contributed by atoms with Crippen molar-refractivity contribution in [1.82, 2.24) is 16.2 Å². The molecule has 0 heterocycles. The molecule has 0 atom stereocenters. The molecule has 0 saturated heterocycles. The summed E-state index contributed by atoms with van der Waals surface area (Å²) in [6.45, 7) is 3.18. The second-order valence-electron chi connectivity index (χ2n) is 3.18. The van der Waals surface area contributed by atoms with Crippen molar-refractivity contribution in [1.29, 1.82) is 0 Å².